The molecule has 1 aromatic carbocycles. The molecular weight excluding hydrogens is 188 g/mol. The van der Waals surface area contributed by atoms with Crippen LogP contribution < -0.4 is 0 Å². The highest BCUT2D eigenvalue weighted by Gasteiger charge is 2.10. The number of carbonyl (C=O) groups is 1. The average Bonchev–Trinajstić information content (AvgIpc) is 2.25. The molecule has 0 atom stereocenters. The average molecular weight is 206 g/mol. The zero-order valence-electron chi connectivity index (χ0n) is 9.62. The highest BCUT2D eigenvalue weighted by atomic mass is 16.5. The maximum absolute atomic E-state index is 11.7. The van der Waals surface area contributed by atoms with Gasteiger partial charge in [-0.3, -0.25) is 4.79 Å². The van der Waals surface area contributed by atoms with E-state index in [1.165, 1.54) is 0 Å². The molecule has 0 heterocycles. The van der Waals surface area contributed by atoms with E-state index in [1.807, 2.05) is 45.0 Å². The number of ether oxygens (including phenoxy) is 1. The number of Topliss-reactive ketones (excluding diaryl/α,β-unsaturated/α-hetero) is 1. The Balaban J connectivity index is 2.78. The summed E-state index contributed by atoms with van der Waals surface area (Å²) in [5, 5.41) is 0. The molecule has 15 heavy (non-hydrogen) atoms. The molecule has 0 saturated carbocycles. The Labute approximate surface area is 91.3 Å². The van der Waals surface area contributed by atoms with E-state index in [2.05, 4.69) is 0 Å². The number of benzene rings is 1. The van der Waals surface area contributed by atoms with Gasteiger partial charge >= 0.3 is 0 Å². The van der Waals surface area contributed by atoms with Crippen LogP contribution in [0, 0.1) is 5.92 Å². The lowest BCUT2D eigenvalue weighted by molar-refractivity contribution is 0.0939. The lowest BCUT2D eigenvalue weighted by atomic mass is 10.00. The Bertz CT molecular complexity index is 329. The molecule has 0 fully saturated rings. The van der Waals surface area contributed by atoms with Crippen molar-refractivity contribution in [2.75, 3.05) is 6.61 Å². The predicted molar refractivity (Wildman–Crippen MR) is 60.9 cm³/mol. The van der Waals surface area contributed by atoms with Gasteiger partial charge in [0.2, 0.25) is 0 Å². The Morgan fingerprint density at radius 3 is 2.73 bits per heavy atom. The molecule has 2 heteroatoms. The van der Waals surface area contributed by atoms with Gasteiger partial charge in [-0.05, 0) is 18.6 Å². The van der Waals surface area contributed by atoms with Gasteiger partial charge in [0.05, 0.1) is 6.61 Å². The quantitative estimate of drug-likeness (QED) is 0.692. The normalized spacial score (nSPS) is 10.7. The first-order valence-electron chi connectivity index (χ1n) is 5.36. The predicted octanol–water partition coefficient (Wildman–Crippen LogP) is 3.06. The lowest BCUT2D eigenvalue weighted by Crippen LogP contribution is -2.07. The molecule has 82 valence electrons. The van der Waals surface area contributed by atoms with Crippen molar-refractivity contribution in [2.24, 2.45) is 5.92 Å². The lowest BCUT2D eigenvalue weighted by Gasteiger charge is -2.06. The molecule has 0 unspecified atom stereocenters. The van der Waals surface area contributed by atoms with Gasteiger partial charge < -0.3 is 4.74 Å². The summed E-state index contributed by atoms with van der Waals surface area (Å²) in [6.45, 7) is 7.07. The first-order valence-corrected chi connectivity index (χ1v) is 5.36. The zero-order chi connectivity index (χ0) is 11.3. The molecule has 1 rings (SSSR count). The van der Waals surface area contributed by atoms with E-state index in [9.17, 15) is 4.79 Å². The molecule has 0 spiro atoms. The number of carbonyl (C=O) groups excluding carboxylic acids is 1. The van der Waals surface area contributed by atoms with Gasteiger partial charge in [0.15, 0.2) is 5.78 Å². The first-order chi connectivity index (χ1) is 7.15. The van der Waals surface area contributed by atoms with Crippen molar-refractivity contribution < 1.29 is 9.53 Å². The second-order valence-corrected chi connectivity index (χ2v) is 3.86. The highest BCUT2D eigenvalue weighted by molar-refractivity contribution is 5.97. The van der Waals surface area contributed by atoms with Crippen LogP contribution in [0.15, 0.2) is 24.3 Å². The molecule has 0 N–H and O–H groups in total. The zero-order valence-corrected chi connectivity index (χ0v) is 9.62. The number of hydrogen-bond acceptors (Lipinski definition) is 2. The second-order valence-electron chi connectivity index (χ2n) is 3.86. The summed E-state index contributed by atoms with van der Waals surface area (Å²) in [4.78, 5) is 11.7. The van der Waals surface area contributed by atoms with Gasteiger partial charge in [0.1, 0.15) is 0 Å². The van der Waals surface area contributed by atoms with Crippen molar-refractivity contribution in [1.82, 2.24) is 0 Å². The fourth-order valence-corrected chi connectivity index (χ4v) is 1.37. The van der Waals surface area contributed by atoms with Crippen molar-refractivity contribution in [3.8, 4) is 0 Å². The summed E-state index contributed by atoms with van der Waals surface area (Å²) in [5.74, 6) is 0.237. The van der Waals surface area contributed by atoms with Gasteiger partial charge in [-0.1, -0.05) is 32.0 Å². The van der Waals surface area contributed by atoms with Crippen LogP contribution in [-0.4, -0.2) is 12.4 Å². The summed E-state index contributed by atoms with van der Waals surface area (Å²) in [5.41, 5.74) is 1.84. The van der Waals surface area contributed by atoms with Crippen LogP contribution in [0.25, 0.3) is 0 Å². The summed E-state index contributed by atoms with van der Waals surface area (Å²) in [6.07, 6.45) is 0. The van der Waals surface area contributed by atoms with Gasteiger partial charge in [-0.2, -0.15) is 0 Å². The summed E-state index contributed by atoms with van der Waals surface area (Å²) in [7, 11) is 0. The molecule has 0 aliphatic heterocycles. The third-order valence-corrected chi connectivity index (χ3v) is 2.21. The van der Waals surface area contributed by atoms with E-state index in [-0.39, 0.29) is 11.7 Å². The van der Waals surface area contributed by atoms with E-state index in [1.54, 1.807) is 0 Å². The Kier molecular flexibility index (Phi) is 4.50. The third-order valence-electron chi connectivity index (χ3n) is 2.21. The van der Waals surface area contributed by atoms with Crippen molar-refractivity contribution in [3.05, 3.63) is 35.4 Å². The minimum Gasteiger partial charge on any atom is -0.377 e. The highest BCUT2D eigenvalue weighted by Crippen LogP contribution is 2.11. The summed E-state index contributed by atoms with van der Waals surface area (Å²) >= 11 is 0. The van der Waals surface area contributed by atoms with Crippen molar-refractivity contribution in [1.29, 1.82) is 0 Å². The molecule has 1 aromatic rings. The molecule has 0 aliphatic rings. The smallest absolute Gasteiger partial charge is 0.165 e. The monoisotopic (exact) mass is 206 g/mol. The molecular formula is C13H18O2. The maximum atomic E-state index is 11.7. The number of rotatable bonds is 5. The van der Waals surface area contributed by atoms with Crippen LogP contribution in [0.5, 0.6) is 0 Å². The van der Waals surface area contributed by atoms with Crippen molar-refractivity contribution in [3.63, 3.8) is 0 Å². The first kappa shape index (κ1) is 11.9. The van der Waals surface area contributed by atoms with E-state index < -0.39 is 0 Å². The number of ketones is 1. The van der Waals surface area contributed by atoms with Crippen LogP contribution in [0.1, 0.15) is 36.7 Å². The van der Waals surface area contributed by atoms with Crippen molar-refractivity contribution >= 4 is 5.78 Å². The fraction of sp³-hybridized carbons (Fsp3) is 0.462. The largest absolute Gasteiger partial charge is 0.377 e. The second kappa shape index (κ2) is 5.66. The van der Waals surface area contributed by atoms with Crippen LogP contribution in [-0.2, 0) is 11.3 Å². The Morgan fingerprint density at radius 2 is 2.13 bits per heavy atom. The molecule has 0 bridgehead atoms. The minimum atomic E-state index is 0.0485. The SMILES string of the molecule is CCOCc1cccc(C(=O)C(C)C)c1. The molecule has 0 radical (unpaired) electrons. The Hall–Kier alpha value is -1.15. The van der Waals surface area contributed by atoms with Gasteiger partial charge in [-0.15, -0.1) is 0 Å². The minimum absolute atomic E-state index is 0.0485. The molecule has 2 nitrogen and oxygen atoms in total. The van der Waals surface area contributed by atoms with Gasteiger partial charge in [0, 0.05) is 18.1 Å². The molecule has 0 saturated heterocycles. The number of hydrogen-bond donors (Lipinski definition) is 0. The van der Waals surface area contributed by atoms with Crippen LogP contribution >= 0.6 is 0 Å². The third kappa shape index (κ3) is 3.48. The maximum Gasteiger partial charge on any atom is 0.165 e. The van der Waals surface area contributed by atoms with E-state index in [0.717, 1.165) is 11.1 Å². The topological polar surface area (TPSA) is 26.3 Å². The molecule has 0 aliphatic carbocycles. The summed E-state index contributed by atoms with van der Waals surface area (Å²) in [6, 6.07) is 7.66. The Morgan fingerprint density at radius 1 is 1.40 bits per heavy atom. The molecule has 0 amide bonds. The van der Waals surface area contributed by atoms with E-state index in [0.29, 0.717) is 13.2 Å². The summed E-state index contributed by atoms with van der Waals surface area (Å²) < 4.78 is 5.30. The van der Waals surface area contributed by atoms with Crippen LogP contribution in [0.3, 0.4) is 0 Å². The standard InChI is InChI=1S/C13H18O2/c1-4-15-9-11-6-5-7-12(8-11)13(14)10(2)3/h5-8,10H,4,9H2,1-3H3. The van der Waals surface area contributed by atoms with Gasteiger partial charge in [-0.25, -0.2) is 0 Å². The molecule has 0 aromatic heterocycles. The van der Waals surface area contributed by atoms with E-state index >= 15 is 0 Å². The van der Waals surface area contributed by atoms with Gasteiger partial charge in [0.25, 0.3) is 0 Å². The van der Waals surface area contributed by atoms with Crippen LogP contribution in [0.2, 0.25) is 0 Å². The van der Waals surface area contributed by atoms with Crippen molar-refractivity contribution in [2.45, 2.75) is 27.4 Å². The van der Waals surface area contributed by atoms with E-state index in [4.69, 9.17) is 4.74 Å². The van der Waals surface area contributed by atoms with Crippen LogP contribution in [0.4, 0.5) is 0 Å². The fourth-order valence-electron chi connectivity index (χ4n) is 1.37.